The molecule has 1 rings (SSSR count). The number of allylic oxidation sites excluding steroid dienone is 1. The van der Waals surface area contributed by atoms with Gasteiger partial charge >= 0.3 is 5.97 Å². The lowest BCUT2D eigenvalue weighted by atomic mass is 9.96. The van der Waals surface area contributed by atoms with Gasteiger partial charge in [0.05, 0.1) is 6.42 Å². The van der Waals surface area contributed by atoms with Crippen molar-refractivity contribution in [2.24, 2.45) is 5.92 Å². The molecule has 0 unspecified atom stereocenters. The third-order valence-corrected chi connectivity index (χ3v) is 2.27. The zero-order valence-corrected chi connectivity index (χ0v) is 7.74. The minimum Gasteiger partial charge on any atom is -0.481 e. The fourth-order valence-electron chi connectivity index (χ4n) is 1.45. The molecule has 3 heteroatoms. The van der Waals surface area contributed by atoms with Crippen LogP contribution >= 0.6 is 0 Å². The molecule has 0 aromatic rings. The number of ether oxygens (including phenoxy) is 1. The standard InChI is InChI=1S/C10H16O3/c11-10(12)4-2-1-3-9-5-7-13-8-6-9/h1-2,9H,3-8H2,(H,11,12)/b2-1-. The maximum Gasteiger partial charge on any atom is 0.307 e. The molecule has 1 aliphatic rings. The lowest BCUT2D eigenvalue weighted by Gasteiger charge is -2.20. The Bertz CT molecular complexity index is 181. The van der Waals surface area contributed by atoms with Crippen molar-refractivity contribution in [1.29, 1.82) is 0 Å². The third kappa shape index (κ3) is 4.68. The van der Waals surface area contributed by atoms with Gasteiger partial charge in [-0.2, -0.15) is 0 Å². The molecule has 1 N–H and O–H groups in total. The maximum atomic E-state index is 10.2. The Hall–Kier alpha value is -0.830. The Labute approximate surface area is 78.4 Å². The van der Waals surface area contributed by atoms with Gasteiger partial charge in [0.15, 0.2) is 0 Å². The van der Waals surface area contributed by atoms with Crippen molar-refractivity contribution in [2.75, 3.05) is 13.2 Å². The molecule has 74 valence electrons. The molecule has 0 amide bonds. The number of carboxylic acid groups (broad SMARTS) is 1. The normalized spacial score (nSPS) is 19.4. The van der Waals surface area contributed by atoms with Crippen molar-refractivity contribution in [1.82, 2.24) is 0 Å². The number of carboxylic acids is 1. The zero-order chi connectivity index (χ0) is 9.52. The summed E-state index contributed by atoms with van der Waals surface area (Å²) in [7, 11) is 0. The first-order valence-corrected chi connectivity index (χ1v) is 4.73. The first kappa shape index (κ1) is 10.3. The van der Waals surface area contributed by atoms with Gasteiger partial charge in [0.25, 0.3) is 0 Å². The van der Waals surface area contributed by atoms with Crippen molar-refractivity contribution in [3.63, 3.8) is 0 Å². The van der Waals surface area contributed by atoms with Crippen LogP contribution in [0.25, 0.3) is 0 Å². The van der Waals surface area contributed by atoms with E-state index in [1.54, 1.807) is 6.08 Å². The van der Waals surface area contributed by atoms with E-state index in [-0.39, 0.29) is 6.42 Å². The molecule has 0 aromatic carbocycles. The van der Waals surface area contributed by atoms with E-state index < -0.39 is 5.97 Å². The van der Waals surface area contributed by atoms with Crippen LogP contribution in [0.3, 0.4) is 0 Å². The number of hydrogen-bond acceptors (Lipinski definition) is 2. The highest BCUT2D eigenvalue weighted by Gasteiger charge is 2.11. The van der Waals surface area contributed by atoms with Crippen LogP contribution < -0.4 is 0 Å². The van der Waals surface area contributed by atoms with E-state index in [9.17, 15) is 4.79 Å². The van der Waals surface area contributed by atoms with Crippen LogP contribution in [0.1, 0.15) is 25.7 Å². The first-order chi connectivity index (χ1) is 6.29. The minimum atomic E-state index is -0.761. The molecule has 1 saturated heterocycles. The van der Waals surface area contributed by atoms with Gasteiger partial charge in [-0.05, 0) is 25.2 Å². The lowest BCUT2D eigenvalue weighted by Crippen LogP contribution is -2.14. The molecule has 1 aliphatic heterocycles. The van der Waals surface area contributed by atoms with Gasteiger partial charge < -0.3 is 9.84 Å². The average Bonchev–Trinajstić information content (AvgIpc) is 2.14. The Morgan fingerprint density at radius 3 is 2.69 bits per heavy atom. The number of carbonyl (C=O) groups is 1. The largest absolute Gasteiger partial charge is 0.481 e. The number of hydrogen-bond donors (Lipinski definition) is 1. The average molecular weight is 184 g/mol. The monoisotopic (exact) mass is 184 g/mol. The second-order valence-corrected chi connectivity index (χ2v) is 3.36. The SMILES string of the molecule is O=C(O)C/C=C\CC1CCOCC1. The fraction of sp³-hybridized carbons (Fsp3) is 0.700. The summed E-state index contributed by atoms with van der Waals surface area (Å²) >= 11 is 0. The molecule has 0 saturated carbocycles. The molecule has 0 radical (unpaired) electrons. The van der Waals surface area contributed by atoms with Crippen molar-refractivity contribution < 1.29 is 14.6 Å². The Morgan fingerprint density at radius 2 is 2.08 bits per heavy atom. The predicted octanol–water partition coefficient (Wildman–Crippen LogP) is 1.83. The molecule has 0 bridgehead atoms. The van der Waals surface area contributed by atoms with E-state index in [1.165, 1.54) is 0 Å². The summed E-state index contributed by atoms with van der Waals surface area (Å²) in [6.07, 6.45) is 7.07. The quantitative estimate of drug-likeness (QED) is 0.678. The Morgan fingerprint density at radius 1 is 1.38 bits per heavy atom. The van der Waals surface area contributed by atoms with Crippen LogP contribution in [0.5, 0.6) is 0 Å². The molecule has 0 atom stereocenters. The van der Waals surface area contributed by atoms with Gasteiger partial charge in [0.1, 0.15) is 0 Å². The molecular formula is C10H16O3. The summed E-state index contributed by atoms with van der Waals surface area (Å²) in [5, 5.41) is 8.38. The van der Waals surface area contributed by atoms with Gasteiger partial charge in [0, 0.05) is 13.2 Å². The predicted molar refractivity (Wildman–Crippen MR) is 49.6 cm³/mol. The molecule has 13 heavy (non-hydrogen) atoms. The topological polar surface area (TPSA) is 46.5 Å². The van der Waals surface area contributed by atoms with Gasteiger partial charge in [-0.15, -0.1) is 0 Å². The smallest absolute Gasteiger partial charge is 0.307 e. The minimum absolute atomic E-state index is 0.142. The molecule has 1 heterocycles. The Kier molecular flexibility index (Phi) is 4.54. The highest BCUT2D eigenvalue weighted by atomic mass is 16.5. The highest BCUT2D eigenvalue weighted by Crippen LogP contribution is 2.18. The molecule has 0 aliphatic carbocycles. The summed E-state index contributed by atoms with van der Waals surface area (Å²) in [6, 6.07) is 0. The summed E-state index contributed by atoms with van der Waals surface area (Å²) in [4.78, 5) is 10.2. The van der Waals surface area contributed by atoms with Gasteiger partial charge in [-0.1, -0.05) is 12.2 Å². The molecule has 1 fully saturated rings. The van der Waals surface area contributed by atoms with Crippen LogP contribution in [0.15, 0.2) is 12.2 Å². The maximum absolute atomic E-state index is 10.2. The summed E-state index contributed by atoms with van der Waals surface area (Å²) < 4.78 is 5.23. The third-order valence-electron chi connectivity index (χ3n) is 2.27. The van der Waals surface area contributed by atoms with Crippen molar-refractivity contribution in [2.45, 2.75) is 25.7 Å². The van der Waals surface area contributed by atoms with E-state index in [2.05, 4.69) is 0 Å². The van der Waals surface area contributed by atoms with E-state index in [0.717, 1.165) is 32.5 Å². The van der Waals surface area contributed by atoms with E-state index in [0.29, 0.717) is 5.92 Å². The zero-order valence-electron chi connectivity index (χ0n) is 7.74. The number of aliphatic carboxylic acids is 1. The van der Waals surface area contributed by atoms with Crippen LogP contribution in [0, 0.1) is 5.92 Å². The molecule has 0 spiro atoms. The molecular weight excluding hydrogens is 168 g/mol. The van der Waals surface area contributed by atoms with Crippen molar-refractivity contribution in [3.05, 3.63) is 12.2 Å². The van der Waals surface area contributed by atoms with Crippen molar-refractivity contribution >= 4 is 5.97 Å². The van der Waals surface area contributed by atoms with E-state index >= 15 is 0 Å². The lowest BCUT2D eigenvalue weighted by molar-refractivity contribution is -0.136. The summed E-state index contributed by atoms with van der Waals surface area (Å²) in [6.45, 7) is 1.72. The van der Waals surface area contributed by atoms with Gasteiger partial charge in [0.2, 0.25) is 0 Å². The van der Waals surface area contributed by atoms with E-state index in [4.69, 9.17) is 9.84 Å². The highest BCUT2D eigenvalue weighted by molar-refractivity contribution is 5.68. The van der Waals surface area contributed by atoms with Crippen LogP contribution in [0.4, 0.5) is 0 Å². The summed E-state index contributed by atoms with van der Waals surface area (Å²) in [5.41, 5.74) is 0. The van der Waals surface area contributed by atoms with E-state index in [1.807, 2.05) is 6.08 Å². The Balaban J connectivity index is 2.09. The second-order valence-electron chi connectivity index (χ2n) is 3.36. The van der Waals surface area contributed by atoms with Crippen LogP contribution in [0.2, 0.25) is 0 Å². The van der Waals surface area contributed by atoms with Gasteiger partial charge in [-0.25, -0.2) is 0 Å². The number of rotatable bonds is 4. The van der Waals surface area contributed by atoms with Gasteiger partial charge in [-0.3, -0.25) is 4.79 Å². The fourth-order valence-corrected chi connectivity index (χ4v) is 1.45. The van der Waals surface area contributed by atoms with Crippen molar-refractivity contribution in [3.8, 4) is 0 Å². The molecule has 3 nitrogen and oxygen atoms in total. The molecule has 0 aromatic heterocycles. The van der Waals surface area contributed by atoms with Crippen LogP contribution in [-0.2, 0) is 9.53 Å². The first-order valence-electron chi connectivity index (χ1n) is 4.73. The van der Waals surface area contributed by atoms with Crippen LogP contribution in [-0.4, -0.2) is 24.3 Å². The summed E-state index contributed by atoms with van der Waals surface area (Å²) in [5.74, 6) is -0.0676. The second kappa shape index (κ2) is 5.75.